The summed E-state index contributed by atoms with van der Waals surface area (Å²) in [5.41, 5.74) is 9.41. The van der Waals surface area contributed by atoms with Crippen LogP contribution in [0.25, 0.3) is 11.2 Å². The molecule has 0 saturated carbocycles. The molecule has 2 fully saturated rings. The highest BCUT2D eigenvalue weighted by Gasteiger charge is 2.22. The number of rotatable bonds is 6. The number of anilines is 2. The van der Waals surface area contributed by atoms with E-state index in [1.54, 1.807) is 0 Å². The normalized spacial score (nSPS) is 18.0. The lowest BCUT2D eigenvalue weighted by Crippen LogP contribution is -2.36. The van der Waals surface area contributed by atoms with E-state index in [2.05, 4.69) is 69.2 Å². The summed E-state index contributed by atoms with van der Waals surface area (Å²) in [6.45, 7) is 10.4. The van der Waals surface area contributed by atoms with Crippen molar-refractivity contribution in [1.29, 1.82) is 0 Å². The molecule has 2 aliphatic rings. The van der Waals surface area contributed by atoms with Crippen LogP contribution < -0.4 is 10.3 Å². The van der Waals surface area contributed by atoms with E-state index in [1.807, 2.05) is 6.92 Å². The van der Waals surface area contributed by atoms with Crippen LogP contribution in [0.3, 0.4) is 0 Å². The first-order chi connectivity index (χ1) is 16.6. The van der Waals surface area contributed by atoms with Crippen molar-refractivity contribution in [3.05, 3.63) is 47.3 Å². The highest BCUT2D eigenvalue weighted by atomic mass is 16.5. The largest absolute Gasteiger partial charge is 0.378 e. The second-order valence-corrected chi connectivity index (χ2v) is 9.40. The van der Waals surface area contributed by atoms with E-state index >= 15 is 0 Å². The summed E-state index contributed by atoms with van der Waals surface area (Å²) >= 11 is 0. The number of nitrogens with one attached hydrogen (secondary N) is 1. The number of benzene rings is 1. The van der Waals surface area contributed by atoms with Gasteiger partial charge in [-0.1, -0.05) is 36.2 Å². The van der Waals surface area contributed by atoms with Crippen LogP contribution in [0.5, 0.6) is 0 Å². The molecule has 0 radical (unpaired) electrons. The lowest BCUT2D eigenvalue weighted by atomic mass is 10.1. The molecule has 8 heteroatoms. The fourth-order valence-corrected chi connectivity index (χ4v) is 4.82. The van der Waals surface area contributed by atoms with Crippen molar-refractivity contribution in [2.24, 2.45) is 12.1 Å². The minimum Gasteiger partial charge on any atom is -0.378 e. The van der Waals surface area contributed by atoms with Crippen molar-refractivity contribution in [3.8, 4) is 0 Å². The van der Waals surface area contributed by atoms with Crippen molar-refractivity contribution >= 4 is 28.4 Å². The fourth-order valence-electron chi connectivity index (χ4n) is 4.82. The Morgan fingerprint density at radius 2 is 1.85 bits per heavy atom. The van der Waals surface area contributed by atoms with Crippen molar-refractivity contribution in [1.82, 2.24) is 19.4 Å². The van der Waals surface area contributed by atoms with E-state index in [4.69, 9.17) is 14.7 Å². The third kappa shape index (κ3) is 4.93. The topological polar surface area (TPSA) is 70.8 Å². The lowest BCUT2D eigenvalue weighted by molar-refractivity contribution is 0.123. The first-order valence-electron chi connectivity index (χ1n) is 12.4. The van der Waals surface area contributed by atoms with E-state index in [1.165, 1.54) is 24.8 Å². The van der Waals surface area contributed by atoms with Crippen LogP contribution in [0.15, 0.2) is 35.4 Å². The minimum absolute atomic E-state index is 0.727. The van der Waals surface area contributed by atoms with Crippen LogP contribution in [0.1, 0.15) is 43.1 Å². The summed E-state index contributed by atoms with van der Waals surface area (Å²) in [6.07, 6.45) is 3.88. The molecule has 0 atom stereocenters. The third-order valence-corrected chi connectivity index (χ3v) is 6.84. The van der Waals surface area contributed by atoms with Gasteiger partial charge in [0.2, 0.25) is 0 Å². The molecule has 2 saturated heterocycles. The molecule has 180 valence electrons. The number of aromatic nitrogens is 3. The predicted octanol–water partition coefficient (Wildman–Crippen LogP) is 3.94. The fraction of sp³-hybridized carbons (Fsp3) is 0.500. The number of likely N-dealkylation sites (tertiary alicyclic amines) is 1. The van der Waals surface area contributed by atoms with Crippen LogP contribution in [0.4, 0.5) is 11.5 Å². The molecule has 1 N–H and O–H groups in total. The standard InChI is InChI=1S/C26H35N7O/c1-19-8-7-9-21(16-19)20(2)29-30-23-17-22(33-12-14-34-15-13-33)25-26(27-23)31(3)24(28-25)18-32-10-5-4-6-11-32/h7-9,16-17H,4-6,10-15,18H2,1-3H3,(H,27,30)/b29-20+. The molecular weight excluding hydrogens is 426 g/mol. The number of ether oxygens (including phenoxy) is 1. The van der Waals surface area contributed by atoms with Crippen molar-refractivity contribution in [2.75, 3.05) is 49.7 Å². The van der Waals surface area contributed by atoms with Gasteiger partial charge in [0.15, 0.2) is 11.5 Å². The maximum absolute atomic E-state index is 5.60. The molecule has 2 aliphatic heterocycles. The quantitative estimate of drug-likeness (QED) is 0.443. The number of hydrogen-bond donors (Lipinski definition) is 1. The molecule has 0 unspecified atom stereocenters. The van der Waals surface area contributed by atoms with Gasteiger partial charge in [-0.2, -0.15) is 5.10 Å². The van der Waals surface area contributed by atoms with Gasteiger partial charge in [0.25, 0.3) is 0 Å². The third-order valence-electron chi connectivity index (χ3n) is 6.84. The number of pyridine rings is 1. The molecule has 0 bridgehead atoms. The minimum atomic E-state index is 0.727. The smallest absolute Gasteiger partial charge is 0.164 e. The number of nitrogens with zero attached hydrogens (tertiary/aromatic N) is 6. The first-order valence-corrected chi connectivity index (χ1v) is 12.4. The average Bonchev–Trinajstić information content (AvgIpc) is 3.18. The van der Waals surface area contributed by atoms with Gasteiger partial charge < -0.3 is 14.2 Å². The summed E-state index contributed by atoms with van der Waals surface area (Å²) in [5, 5.41) is 4.65. The van der Waals surface area contributed by atoms with Gasteiger partial charge in [0.1, 0.15) is 11.3 Å². The number of hydrogen-bond acceptors (Lipinski definition) is 7. The highest BCUT2D eigenvalue weighted by molar-refractivity contribution is 5.99. The van der Waals surface area contributed by atoms with Gasteiger partial charge in [-0.05, 0) is 45.3 Å². The molecular formula is C26H35N7O. The summed E-state index contributed by atoms with van der Waals surface area (Å²) < 4.78 is 7.75. The van der Waals surface area contributed by atoms with Crippen LogP contribution in [-0.4, -0.2) is 64.5 Å². The van der Waals surface area contributed by atoms with Crippen molar-refractivity contribution < 1.29 is 4.74 Å². The van der Waals surface area contributed by atoms with E-state index in [0.717, 1.165) is 85.7 Å². The predicted molar refractivity (Wildman–Crippen MR) is 138 cm³/mol. The second kappa shape index (κ2) is 10.1. The van der Waals surface area contributed by atoms with Gasteiger partial charge in [-0.15, -0.1) is 0 Å². The Hall–Kier alpha value is -2.97. The Bertz CT molecular complexity index is 1170. The maximum atomic E-state index is 5.60. The molecule has 0 spiro atoms. The second-order valence-electron chi connectivity index (χ2n) is 9.40. The van der Waals surface area contributed by atoms with Crippen molar-refractivity contribution in [2.45, 2.75) is 39.7 Å². The molecule has 0 amide bonds. The number of aryl methyl sites for hydroxylation is 2. The Morgan fingerprint density at radius 3 is 2.62 bits per heavy atom. The molecule has 3 aromatic rings. The Balaban J connectivity index is 1.49. The van der Waals surface area contributed by atoms with Gasteiger partial charge >= 0.3 is 0 Å². The number of hydrazone groups is 1. The Labute approximate surface area is 201 Å². The van der Waals surface area contributed by atoms with Crippen LogP contribution in [0, 0.1) is 6.92 Å². The summed E-state index contributed by atoms with van der Waals surface area (Å²) in [7, 11) is 2.08. The van der Waals surface area contributed by atoms with Gasteiger partial charge in [0.05, 0.1) is 31.2 Å². The lowest BCUT2D eigenvalue weighted by Gasteiger charge is -2.29. The maximum Gasteiger partial charge on any atom is 0.164 e. The number of piperidine rings is 1. The van der Waals surface area contributed by atoms with E-state index in [-0.39, 0.29) is 0 Å². The van der Waals surface area contributed by atoms with Crippen LogP contribution in [-0.2, 0) is 18.3 Å². The number of imidazole rings is 1. The molecule has 34 heavy (non-hydrogen) atoms. The first kappa shape index (κ1) is 22.8. The van der Waals surface area contributed by atoms with E-state index in [9.17, 15) is 0 Å². The van der Waals surface area contributed by atoms with Gasteiger partial charge in [-0.25, -0.2) is 9.97 Å². The van der Waals surface area contributed by atoms with E-state index in [0.29, 0.717) is 0 Å². The Morgan fingerprint density at radius 1 is 1.06 bits per heavy atom. The zero-order valence-corrected chi connectivity index (χ0v) is 20.5. The van der Waals surface area contributed by atoms with Gasteiger partial charge in [-0.3, -0.25) is 10.3 Å². The average molecular weight is 462 g/mol. The SMILES string of the molecule is C/C(=N\Nc1cc(N2CCOCC2)c2nc(CN3CCCCC3)n(C)c2n1)c1cccc(C)c1. The zero-order chi connectivity index (χ0) is 23.5. The molecule has 0 aliphatic carbocycles. The Kier molecular flexibility index (Phi) is 6.78. The molecule has 8 nitrogen and oxygen atoms in total. The highest BCUT2D eigenvalue weighted by Crippen LogP contribution is 2.30. The van der Waals surface area contributed by atoms with E-state index < -0.39 is 0 Å². The number of morpholine rings is 1. The molecule has 4 heterocycles. The summed E-state index contributed by atoms with van der Waals surface area (Å²) in [5.74, 6) is 1.80. The van der Waals surface area contributed by atoms with Gasteiger partial charge in [0, 0.05) is 26.2 Å². The number of fused-ring (bicyclic) bond motifs is 1. The summed E-state index contributed by atoms with van der Waals surface area (Å²) in [6, 6.07) is 10.5. The molecule has 2 aromatic heterocycles. The van der Waals surface area contributed by atoms with Crippen LogP contribution in [0.2, 0.25) is 0 Å². The zero-order valence-electron chi connectivity index (χ0n) is 20.5. The van der Waals surface area contributed by atoms with Crippen molar-refractivity contribution in [3.63, 3.8) is 0 Å². The monoisotopic (exact) mass is 461 g/mol. The van der Waals surface area contributed by atoms with Crippen LogP contribution >= 0.6 is 0 Å². The molecule has 1 aromatic carbocycles. The summed E-state index contributed by atoms with van der Waals surface area (Å²) in [4.78, 5) is 14.9. The molecule has 5 rings (SSSR count).